The molecule has 1 aliphatic rings. The molecule has 100 valence electrons. The predicted molar refractivity (Wildman–Crippen MR) is 74.2 cm³/mol. The van der Waals surface area contributed by atoms with E-state index >= 15 is 0 Å². The average molecular weight is 267 g/mol. The summed E-state index contributed by atoms with van der Waals surface area (Å²) in [6.45, 7) is 1.02. The zero-order valence-electron chi connectivity index (χ0n) is 10.9. The fourth-order valence-corrected chi connectivity index (χ4v) is 3.61. The second-order valence-electron chi connectivity index (χ2n) is 4.92. The van der Waals surface area contributed by atoms with E-state index in [2.05, 4.69) is 6.07 Å². The van der Waals surface area contributed by atoms with Gasteiger partial charge in [0.25, 0.3) is 5.91 Å². The van der Waals surface area contributed by atoms with E-state index in [1.807, 2.05) is 7.05 Å². The zero-order chi connectivity index (χ0) is 13.0. The van der Waals surface area contributed by atoms with Gasteiger partial charge in [-0.15, -0.1) is 11.3 Å². The van der Waals surface area contributed by atoms with Crippen LogP contribution < -0.4 is 0 Å². The number of fused-ring (bicyclic) bond motifs is 1. The Labute approximate surface area is 112 Å². The zero-order valence-corrected chi connectivity index (χ0v) is 11.8. The van der Waals surface area contributed by atoms with Gasteiger partial charge in [-0.25, -0.2) is 0 Å². The number of aryl methyl sites for hydroxylation is 2. The topological polar surface area (TPSA) is 40.5 Å². The quantitative estimate of drug-likeness (QED) is 0.804. The van der Waals surface area contributed by atoms with Crippen molar-refractivity contribution in [2.24, 2.45) is 0 Å². The van der Waals surface area contributed by atoms with E-state index in [1.54, 1.807) is 16.2 Å². The number of aliphatic hydroxyl groups is 1. The Hall–Kier alpha value is -0.870. The van der Waals surface area contributed by atoms with Gasteiger partial charge in [0.05, 0.1) is 4.88 Å². The maximum atomic E-state index is 12.2. The van der Waals surface area contributed by atoms with Gasteiger partial charge in [0.1, 0.15) is 0 Å². The molecule has 0 bridgehead atoms. The number of nitrogens with zero attached hydrogens (tertiary/aromatic N) is 1. The summed E-state index contributed by atoms with van der Waals surface area (Å²) >= 11 is 1.67. The minimum absolute atomic E-state index is 0.151. The Balaban J connectivity index is 1.85. The lowest BCUT2D eigenvalue weighted by atomic mass is 10.2. The summed E-state index contributed by atoms with van der Waals surface area (Å²) < 4.78 is 0. The van der Waals surface area contributed by atoms with Crippen molar-refractivity contribution in [2.75, 3.05) is 20.2 Å². The number of aliphatic hydroxyl groups excluding tert-OH is 1. The highest BCUT2D eigenvalue weighted by Crippen LogP contribution is 2.31. The minimum atomic E-state index is 0.151. The van der Waals surface area contributed by atoms with Crippen molar-refractivity contribution in [3.05, 3.63) is 21.4 Å². The van der Waals surface area contributed by atoms with Crippen LogP contribution in [0.15, 0.2) is 6.07 Å². The van der Waals surface area contributed by atoms with E-state index < -0.39 is 0 Å². The third kappa shape index (κ3) is 3.12. The normalized spacial score (nSPS) is 13.7. The van der Waals surface area contributed by atoms with Crippen LogP contribution in [0, 0.1) is 0 Å². The molecule has 1 aromatic heterocycles. The molecule has 1 N–H and O–H groups in total. The second kappa shape index (κ2) is 6.34. The largest absolute Gasteiger partial charge is 0.396 e. The molecule has 3 nitrogen and oxygen atoms in total. The highest BCUT2D eigenvalue weighted by molar-refractivity contribution is 7.14. The van der Waals surface area contributed by atoms with Crippen molar-refractivity contribution >= 4 is 17.2 Å². The lowest BCUT2D eigenvalue weighted by Gasteiger charge is -2.15. The van der Waals surface area contributed by atoms with Gasteiger partial charge >= 0.3 is 0 Å². The smallest absolute Gasteiger partial charge is 0.263 e. The maximum Gasteiger partial charge on any atom is 0.263 e. The van der Waals surface area contributed by atoms with Crippen molar-refractivity contribution in [2.45, 2.75) is 38.5 Å². The summed E-state index contributed by atoms with van der Waals surface area (Å²) in [5, 5.41) is 8.71. The van der Waals surface area contributed by atoms with Crippen LogP contribution in [0.2, 0.25) is 0 Å². The Morgan fingerprint density at radius 2 is 2.22 bits per heavy atom. The fraction of sp³-hybridized carbons (Fsp3) is 0.643. The first-order valence-corrected chi connectivity index (χ1v) is 7.52. The standard InChI is InChI=1S/C14H21NO2S/c1-15(8-3-2-4-9-16)14(17)13-10-11-6-5-7-12(11)18-13/h10,16H,2-9H2,1H3. The molecule has 0 saturated heterocycles. The van der Waals surface area contributed by atoms with Crippen molar-refractivity contribution < 1.29 is 9.90 Å². The Bertz CT molecular complexity index is 392. The van der Waals surface area contributed by atoms with E-state index in [9.17, 15) is 4.79 Å². The van der Waals surface area contributed by atoms with Crippen LogP contribution in [0.4, 0.5) is 0 Å². The SMILES string of the molecule is CN(CCCCCO)C(=O)c1cc2c(s1)CCC2. The summed E-state index contributed by atoms with van der Waals surface area (Å²) in [5.41, 5.74) is 1.39. The van der Waals surface area contributed by atoms with Crippen molar-refractivity contribution in [1.82, 2.24) is 4.90 Å². The first-order valence-electron chi connectivity index (χ1n) is 6.70. The average Bonchev–Trinajstić information content (AvgIpc) is 2.94. The summed E-state index contributed by atoms with van der Waals surface area (Å²) in [6, 6.07) is 2.08. The van der Waals surface area contributed by atoms with Crippen LogP contribution in [-0.4, -0.2) is 36.1 Å². The van der Waals surface area contributed by atoms with Gasteiger partial charge in [0, 0.05) is 25.1 Å². The van der Waals surface area contributed by atoms with Crippen LogP contribution in [0.5, 0.6) is 0 Å². The summed E-state index contributed by atoms with van der Waals surface area (Å²) in [6.07, 6.45) is 6.30. The molecule has 1 aromatic rings. The first-order chi connectivity index (χ1) is 8.72. The maximum absolute atomic E-state index is 12.2. The second-order valence-corrected chi connectivity index (χ2v) is 6.06. The molecule has 18 heavy (non-hydrogen) atoms. The summed E-state index contributed by atoms with van der Waals surface area (Å²) in [5.74, 6) is 0.151. The molecule has 2 rings (SSSR count). The van der Waals surface area contributed by atoms with Gasteiger partial charge in [0.2, 0.25) is 0 Å². The number of amides is 1. The van der Waals surface area contributed by atoms with E-state index in [0.29, 0.717) is 0 Å². The molecule has 0 unspecified atom stereocenters. The van der Waals surface area contributed by atoms with Gasteiger partial charge in [-0.1, -0.05) is 0 Å². The van der Waals surface area contributed by atoms with Gasteiger partial charge in [-0.2, -0.15) is 0 Å². The molecule has 1 aliphatic carbocycles. The number of hydrogen-bond donors (Lipinski definition) is 1. The van der Waals surface area contributed by atoms with Crippen LogP contribution in [-0.2, 0) is 12.8 Å². The predicted octanol–water partition coefficient (Wildman–Crippen LogP) is 2.47. The van der Waals surface area contributed by atoms with E-state index in [-0.39, 0.29) is 12.5 Å². The van der Waals surface area contributed by atoms with Crippen LogP contribution in [0.25, 0.3) is 0 Å². The third-order valence-corrected chi connectivity index (χ3v) is 4.68. The number of unbranched alkanes of at least 4 members (excludes halogenated alkanes) is 2. The lowest BCUT2D eigenvalue weighted by Crippen LogP contribution is -2.27. The molecule has 0 spiro atoms. The molecule has 0 fully saturated rings. The molecule has 1 heterocycles. The third-order valence-electron chi connectivity index (χ3n) is 3.46. The molecule has 0 aromatic carbocycles. The number of carbonyl (C=O) groups excluding carboxylic acids is 1. The van der Waals surface area contributed by atoms with Crippen LogP contribution in [0.3, 0.4) is 0 Å². The molecule has 0 radical (unpaired) electrons. The number of thiophene rings is 1. The highest BCUT2D eigenvalue weighted by atomic mass is 32.1. The van der Waals surface area contributed by atoms with Gasteiger partial charge in [-0.05, 0) is 50.2 Å². The van der Waals surface area contributed by atoms with Gasteiger partial charge in [0.15, 0.2) is 0 Å². The monoisotopic (exact) mass is 267 g/mol. The van der Waals surface area contributed by atoms with Crippen molar-refractivity contribution in [1.29, 1.82) is 0 Å². The molecular weight excluding hydrogens is 246 g/mol. The van der Waals surface area contributed by atoms with Gasteiger partial charge in [-0.3, -0.25) is 4.79 Å². The number of rotatable bonds is 6. The fourth-order valence-electron chi connectivity index (χ4n) is 2.36. The van der Waals surface area contributed by atoms with E-state index in [4.69, 9.17) is 5.11 Å². The Kier molecular flexibility index (Phi) is 4.78. The van der Waals surface area contributed by atoms with Crippen molar-refractivity contribution in [3.63, 3.8) is 0 Å². The molecular formula is C14H21NO2S. The van der Waals surface area contributed by atoms with Crippen LogP contribution >= 0.6 is 11.3 Å². The number of carbonyl (C=O) groups is 1. The summed E-state index contributed by atoms with van der Waals surface area (Å²) in [4.78, 5) is 16.3. The van der Waals surface area contributed by atoms with E-state index in [1.165, 1.54) is 16.9 Å². The lowest BCUT2D eigenvalue weighted by molar-refractivity contribution is 0.0797. The molecule has 0 atom stereocenters. The molecule has 1 amide bonds. The molecule has 0 aliphatic heterocycles. The first kappa shape index (κ1) is 13.6. The summed E-state index contributed by atoms with van der Waals surface area (Å²) in [7, 11) is 1.87. The Morgan fingerprint density at radius 1 is 1.39 bits per heavy atom. The Morgan fingerprint density at radius 3 is 2.94 bits per heavy atom. The highest BCUT2D eigenvalue weighted by Gasteiger charge is 2.20. The van der Waals surface area contributed by atoms with Crippen molar-refractivity contribution in [3.8, 4) is 0 Å². The molecule has 0 saturated carbocycles. The number of hydrogen-bond acceptors (Lipinski definition) is 3. The van der Waals surface area contributed by atoms with Gasteiger partial charge < -0.3 is 10.0 Å². The van der Waals surface area contributed by atoms with E-state index in [0.717, 1.165) is 43.5 Å². The minimum Gasteiger partial charge on any atom is -0.396 e. The van der Waals surface area contributed by atoms with Crippen LogP contribution in [0.1, 0.15) is 45.8 Å². The molecule has 4 heteroatoms.